The first-order chi connectivity index (χ1) is 13.2. The summed E-state index contributed by atoms with van der Waals surface area (Å²) in [6.45, 7) is 10.5. The van der Waals surface area contributed by atoms with Crippen LogP contribution in [0.15, 0.2) is 15.7 Å². The highest BCUT2D eigenvalue weighted by atomic mass is 16.2. The third kappa shape index (κ3) is 4.72. The molecule has 0 saturated carbocycles. The molecule has 1 aromatic rings. The molecule has 2 atom stereocenters. The summed E-state index contributed by atoms with van der Waals surface area (Å²) in [5, 5.41) is 0. The number of nitrogens with zero attached hydrogens (tertiary/aromatic N) is 5. The Bertz CT molecular complexity index is 812. The van der Waals surface area contributed by atoms with Gasteiger partial charge in [0.05, 0.1) is 6.54 Å². The van der Waals surface area contributed by atoms with Gasteiger partial charge in [0, 0.05) is 71.7 Å². The molecule has 0 bridgehead atoms. The van der Waals surface area contributed by atoms with E-state index < -0.39 is 0 Å². The van der Waals surface area contributed by atoms with E-state index in [1.165, 1.54) is 24.1 Å². The zero-order valence-corrected chi connectivity index (χ0v) is 17.6. The first kappa shape index (κ1) is 20.8. The molecule has 156 valence electrons. The standard InChI is InChI=1S/C20H33N5O3/c1-15-9-16(2)12-25(11-15)19(27)14-24-7-5-23(6-8-24)13-17-10-18(26)22(4)20(28)21(17)3/h10,15-16H,5-9,11-14H2,1-4H3/t15-,16-/m0/s1. The largest absolute Gasteiger partial charge is 0.341 e. The van der Waals surface area contributed by atoms with Gasteiger partial charge in [0.15, 0.2) is 0 Å². The maximum Gasteiger partial charge on any atom is 0.330 e. The topological polar surface area (TPSA) is 70.8 Å². The normalized spacial score (nSPS) is 24.5. The van der Waals surface area contributed by atoms with Crippen LogP contribution in [-0.4, -0.2) is 75.6 Å². The second-order valence-corrected chi connectivity index (χ2v) is 8.67. The van der Waals surface area contributed by atoms with Crippen LogP contribution in [0, 0.1) is 11.8 Å². The van der Waals surface area contributed by atoms with Gasteiger partial charge < -0.3 is 4.90 Å². The van der Waals surface area contributed by atoms with Crippen molar-refractivity contribution in [3.05, 3.63) is 32.6 Å². The number of hydrogen-bond donors (Lipinski definition) is 0. The lowest BCUT2D eigenvalue weighted by Crippen LogP contribution is -2.52. The Balaban J connectivity index is 1.52. The zero-order valence-electron chi connectivity index (χ0n) is 17.6. The Hall–Kier alpha value is -1.93. The van der Waals surface area contributed by atoms with E-state index in [1.807, 2.05) is 4.90 Å². The molecule has 28 heavy (non-hydrogen) atoms. The summed E-state index contributed by atoms with van der Waals surface area (Å²) in [6, 6.07) is 1.54. The fourth-order valence-electron chi connectivity index (χ4n) is 4.42. The number of piperidine rings is 1. The number of piperazine rings is 1. The molecule has 2 aliphatic heterocycles. The average molecular weight is 392 g/mol. The zero-order chi connectivity index (χ0) is 20.4. The summed E-state index contributed by atoms with van der Waals surface area (Å²) in [5.41, 5.74) is 0.165. The molecule has 1 amide bonds. The predicted molar refractivity (Wildman–Crippen MR) is 108 cm³/mol. The van der Waals surface area contributed by atoms with Gasteiger partial charge >= 0.3 is 5.69 Å². The van der Waals surface area contributed by atoms with Gasteiger partial charge in [-0.3, -0.25) is 28.5 Å². The molecule has 3 rings (SSSR count). The van der Waals surface area contributed by atoms with Crippen molar-refractivity contribution in [2.24, 2.45) is 25.9 Å². The minimum atomic E-state index is -0.295. The van der Waals surface area contributed by atoms with Gasteiger partial charge in [0.2, 0.25) is 5.91 Å². The molecule has 8 nitrogen and oxygen atoms in total. The summed E-state index contributed by atoms with van der Waals surface area (Å²) < 4.78 is 2.66. The highest BCUT2D eigenvalue weighted by Gasteiger charge is 2.27. The average Bonchev–Trinajstić information content (AvgIpc) is 2.65. The minimum absolute atomic E-state index is 0.237. The summed E-state index contributed by atoms with van der Waals surface area (Å²) in [6.07, 6.45) is 1.20. The molecular formula is C20H33N5O3. The molecule has 0 N–H and O–H groups in total. The summed E-state index contributed by atoms with van der Waals surface area (Å²) >= 11 is 0. The first-order valence-corrected chi connectivity index (χ1v) is 10.2. The molecule has 0 aliphatic carbocycles. The summed E-state index contributed by atoms with van der Waals surface area (Å²) in [7, 11) is 3.20. The highest BCUT2D eigenvalue weighted by molar-refractivity contribution is 5.78. The SMILES string of the molecule is C[C@H]1C[C@H](C)CN(C(=O)CN2CCN(Cc3cc(=O)n(C)c(=O)n3C)CC2)C1. The fraction of sp³-hybridized carbons (Fsp3) is 0.750. The summed E-state index contributed by atoms with van der Waals surface area (Å²) in [4.78, 5) is 43.1. The highest BCUT2D eigenvalue weighted by Crippen LogP contribution is 2.21. The molecule has 2 saturated heterocycles. The maximum atomic E-state index is 12.7. The van der Waals surface area contributed by atoms with Crippen molar-refractivity contribution >= 4 is 5.91 Å². The molecule has 2 fully saturated rings. The second-order valence-electron chi connectivity index (χ2n) is 8.67. The fourth-order valence-corrected chi connectivity index (χ4v) is 4.42. The van der Waals surface area contributed by atoms with Crippen molar-refractivity contribution in [3.63, 3.8) is 0 Å². The minimum Gasteiger partial charge on any atom is -0.341 e. The van der Waals surface area contributed by atoms with E-state index in [2.05, 4.69) is 23.6 Å². The second kappa shape index (κ2) is 8.61. The third-order valence-electron chi connectivity index (χ3n) is 6.06. The van der Waals surface area contributed by atoms with Gasteiger partial charge in [-0.2, -0.15) is 0 Å². The summed E-state index contributed by atoms with van der Waals surface area (Å²) in [5.74, 6) is 1.39. The lowest BCUT2D eigenvalue weighted by atomic mass is 9.92. The van der Waals surface area contributed by atoms with Gasteiger partial charge in [-0.1, -0.05) is 13.8 Å². The van der Waals surface area contributed by atoms with Gasteiger partial charge in [0.1, 0.15) is 0 Å². The molecule has 2 aliphatic rings. The van der Waals surface area contributed by atoms with Gasteiger partial charge in [0.25, 0.3) is 5.56 Å². The van der Waals surface area contributed by atoms with E-state index >= 15 is 0 Å². The molecule has 8 heteroatoms. The smallest absolute Gasteiger partial charge is 0.330 e. The Kier molecular flexibility index (Phi) is 6.40. The van der Waals surface area contributed by atoms with Crippen LogP contribution >= 0.6 is 0 Å². The van der Waals surface area contributed by atoms with Crippen LogP contribution in [0.4, 0.5) is 0 Å². The van der Waals surface area contributed by atoms with E-state index in [-0.39, 0.29) is 17.2 Å². The number of carbonyl (C=O) groups excluding carboxylic acids is 1. The van der Waals surface area contributed by atoms with Crippen molar-refractivity contribution in [2.45, 2.75) is 26.8 Å². The van der Waals surface area contributed by atoms with E-state index in [0.29, 0.717) is 24.9 Å². The quantitative estimate of drug-likeness (QED) is 0.705. The lowest BCUT2D eigenvalue weighted by molar-refractivity contribution is -0.135. The third-order valence-corrected chi connectivity index (χ3v) is 6.06. The van der Waals surface area contributed by atoms with Gasteiger partial charge in [-0.15, -0.1) is 0 Å². The van der Waals surface area contributed by atoms with Crippen LogP contribution in [0.3, 0.4) is 0 Å². The molecular weight excluding hydrogens is 358 g/mol. The molecule has 3 heterocycles. The number of likely N-dealkylation sites (tertiary alicyclic amines) is 1. The number of amides is 1. The predicted octanol–water partition coefficient (Wildman–Crippen LogP) is -0.294. The molecule has 0 aromatic carbocycles. The van der Waals surface area contributed by atoms with Crippen molar-refractivity contribution in [1.29, 1.82) is 0 Å². The lowest BCUT2D eigenvalue weighted by Gasteiger charge is -2.38. The Morgan fingerprint density at radius 1 is 0.964 bits per heavy atom. The van der Waals surface area contributed by atoms with E-state index in [0.717, 1.165) is 49.5 Å². The monoisotopic (exact) mass is 391 g/mol. The van der Waals surface area contributed by atoms with Crippen molar-refractivity contribution in [2.75, 3.05) is 45.8 Å². The maximum absolute atomic E-state index is 12.7. The van der Waals surface area contributed by atoms with Crippen LogP contribution in [0.25, 0.3) is 0 Å². The van der Waals surface area contributed by atoms with Crippen LogP contribution in [-0.2, 0) is 25.4 Å². The first-order valence-electron chi connectivity index (χ1n) is 10.2. The molecule has 0 radical (unpaired) electrons. The van der Waals surface area contributed by atoms with E-state index in [1.54, 1.807) is 7.05 Å². The number of rotatable bonds is 4. The van der Waals surface area contributed by atoms with Gasteiger partial charge in [-0.05, 0) is 18.3 Å². The molecule has 0 spiro atoms. The number of aromatic nitrogens is 2. The molecule has 1 aromatic heterocycles. The number of carbonyl (C=O) groups is 1. The van der Waals surface area contributed by atoms with E-state index in [4.69, 9.17) is 0 Å². The van der Waals surface area contributed by atoms with Crippen molar-refractivity contribution < 1.29 is 4.79 Å². The van der Waals surface area contributed by atoms with E-state index in [9.17, 15) is 14.4 Å². The van der Waals surface area contributed by atoms with Crippen LogP contribution < -0.4 is 11.2 Å². The van der Waals surface area contributed by atoms with Crippen LogP contribution in [0.1, 0.15) is 26.0 Å². The Morgan fingerprint density at radius 2 is 1.54 bits per heavy atom. The van der Waals surface area contributed by atoms with Crippen LogP contribution in [0.2, 0.25) is 0 Å². The van der Waals surface area contributed by atoms with Crippen molar-refractivity contribution in [1.82, 2.24) is 23.8 Å². The Labute approximate surface area is 166 Å². The Morgan fingerprint density at radius 3 is 2.14 bits per heavy atom. The van der Waals surface area contributed by atoms with Gasteiger partial charge in [-0.25, -0.2) is 4.79 Å². The molecule has 0 unspecified atom stereocenters. The van der Waals surface area contributed by atoms with Crippen LogP contribution in [0.5, 0.6) is 0 Å². The van der Waals surface area contributed by atoms with Crippen molar-refractivity contribution in [3.8, 4) is 0 Å². The number of hydrogen-bond acceptors (Lipinski definition) is 5.